The maximum absolute atomic E-state index is 11.1. The first-order valence-electron chi connectivity index (χ1n) is 6.35. The van der Waals surface area contributed by atoms with Crippen LogP contribution >= 0.6 is 0 Å². The summed E-state index contributed by atoms with van der Waals surface area (Å²) >= 11 is 0. The molecule has 0 amide bonds. The van der Waals surface area contributed by atoms with Crippen LogP contribution in [0.25, 0.3) is 0 Å². The summed E-state index contributed by atoms with van der Waals surface area (Å²) < 4.78 is 28.1. The molecule has 0 aliphatic heterocycles. The van der Waals surface area contributed by atoms with Crippen molar-refractivity contribution in [2.75, 3.05) is 0 Å². The minimum Gasteiger partial charge on any atom is -0.490 e. The molecule has 2 N–H and O–H groups in total. The van der Waals surface area contributed by atoms with Crippen molar-refractivity contribution in [3.63, 3.8) is 0 Å². The van der Waals surface area contributed by atoms with Crippen molar-refractivity contribution in [3.8, 4) is 5.75 Å². The lowest BCUT2D eigenvalue weighted by molar-refractivity contribution is 0.183. The van der Waals surface area contributed by atoms with Crippen molar-refractivity contribution >= 4 is 10.0 Å². The number of ether oxygens (including phenoxy) is 1. The van der Waals surface area contributed by atoms with Crippen LogP contribution in [0.4, 0.5) is 0 Å². The predicted octanol–water partition coefficient (Wildman–Crippen LogP) is 2.44. The first-order chi connectivity index (χ1) is 8.55. The van der Waals surface area contributed by atoms with Crippen molar-refractivity contribution in [1.82, 2.24) is 0 Å². The van der Waals surface area contributed by atoms with E-state index >= 15 is 0 Å². The summed E-state index contributed by atoms with van der Waals surface area (Å²) in [5, 5.41) is 5.04. The van der Waals surface area contributed by atoms with Crippen LogP contribution in [0.3, 0.4) is 0 Å². The fourth-order valence-corrected chi connectivity index (χ4v) is 2.78. The molecule has 1 aliphatic rings. The van der Waals surface area contributed by atoms with Gasteiger partial charge in [-0.2, -0.15) is 0 Å². The molecule has 5 heteroatoms. The number of benzene rings is 1. The van der Waals surface area contributed by atoms with Crippen molar-refractivity contribution in [2.24, 2.45) is 5.14 Å². The summed E-state index contributed by atoms with van der Waals surface area (Å²) in [5.41, 5.74) is 0. The van der Waals surface area contributed by atoms with E-state index in [1.54, 1.807) is 12.1 Å². The highest BCUT2D eigenvalue weighted by Crippen LogP contribution is 2.23. The Morgan fingerprint density at radius 1 is 1.00 bits per heavy atom. The smallest absolute Gasteiger partial charge is 0.238 e. The molecule has 4 nitrogen and oxygen atoms in total. The first-order valence-corrected chi connectivity index (χ1v) is 7.90. The highest BCUT2D eigenvalue weighted by molar-refractivity contribution is 7.89. The fourth-order valence-electron chi connectivity index (χ4n) is 2.26. The Labute approximate surface area is 108 Å². The third-order valence-electron chi connectivity index (χ3n) is 3.26. The van der Waals surface area contributed by atoms with E-state index in [0.29, 0.717) is 5.75 Å². The second kappa shape index (κ2) is 5.71. The standard InChI is InChI=1S/C13H19NO3S/c14-18(15,16)13-9-7-12(8-10-13)17-11-5-3-1-2-4-6-11/h7-11H,1-6H2,(H2,14,15,16). The topological polar surface area (TPSA) is 69.4 Å². The van der Waals surface area contributed by atoms with E-state index in [0.717, 1.165) is 12.8 Å². The van der Waals surface area contributed by atoms with Crippen LogP contribution in [0.5, 0.6) is 5.75 Å². The molecule has 0 unspecified atom stereocenters. The summed E-state index contributed by atoms with van der Waals surface area (Å²) in [5.74, 6) is 0.717. The normalized spacial score (nSPS) is 18.3. The monoisotopic (exact) mass is 269 g/mol. The number of rotatable bonds is 3. The molecule has 0 radical (unpaired) electrons. The molecule has 1 saturated carbocycles. The number of nitrogens with two attached hydrogens (primary N) is 1. The maximum atomic E-state index is 11.1. The SMILES string of the molecule is NS(=O)(=O)c1ccc(OC2CCCCCC2)cc1. The lowest BCUT2D eigenvalue weighted by Crippen LogP contribution is -2.15. The Kier molecular flexibility index (Phi) is 4.24. The van der Waals surface area contributed by atoms with Crippen molar-refractivity contribution in [1.29, 1.82) is 0 Å². The van der Waals surface area contributed by atoms with Gasteiger partial charge in [-0.15, -0.1) is 0 Å². The Hall–Kier alpha value is -1.07. The molecular formula is C13H19NO3S. The van der Waals surface area contributed by atoms with E-state index < -0.39 is 10.0 Å². The summed E-state index contributed by atoms with van der Waals surface area (Å²) in [4.78, 5) is 0.121. The van der Waals surface area contributed by atoms with Crippen LogP contribution in [0.2, 0.25) is 0 Å². The molecule has 18 heavy (non-hydrogen) atoms. The summed E-state index contributed by atoms with van der Waals surface area (Å²) in [6, 6.07) is 6.32. The Morgan fingerprint density at radius 2 is 1.56 bits per heavy atom. The van der Waals surface area contributed by atoms with E-state index in [2.05, 4.69) is 0 Å². The van der Waals surface area contributed by atoms with Crippen LogP contribution < -0.4 is 9.88 Å². The Balaban J connectivity index is 2.01. The average Bonchev–Trinajstić information content (AvgIpc) is 2.57. The zero-order valence-electron chi connectivity index (χ0n) is 10.3. The maximum Gasteiger partial charge on any atom is 0.238 e. The molecule has 1 aromatic carbocycles. The number of primary sulfonamides is 1. The van der Waals surface area contributed by atoms with Crippen molar-refractivity contribution in [2.45, 2.75) is 49.5 Å². The van der Waals surface area contributed by atoms with Crippen molar-refractivity contribution < 1.29 is 13.2 Å². The molecule has 1 aromatic rings. The third-order valence-corrected chi connectivity index (χ3v) is 4.19. The highest BCUT2D eigenvalue weighted by Gasteiger charge is 2.14. The Bertz CT molecular complexity index is 473. The highest BCUT2D eigenvalue weighted by atomic mass is 32.2. The lowest BCUT2D eigenvalue weighted by Gasteiger charge is -2.16. The van der Waals surface area contributed by atoms with Crippen LogP contribution in [0, 0.1) is 0 Å². The van der Waals surface area contributed by atoms with Gasteiger partial charge in [-0.05, 0) is 49.9 Å². The molecule has 0 bridgehead atoms. The molecule has 100 valence electrons. The van der Waals surface area contributed by atoms with E-state index in [1.165, 1.54) is 37.8 Å². The van der Waals surface area contributed by atoms with Gasteiger partial charge >= 0.3 is 0 Å². The fraction of sp³-hybridized carbons (Fsp3) is 0.538. The van der Waals surface area contributed by atoms with Gasteiger partial charge in [-0.25, -0.2) is 13.6 Å². The minimum atomic E-state index is -3.61. The third kappa shape index (κ3) is 3.71. The second-order valence-corrected chi connectivity index (χ2v) is 6.31. The Morgan fingerprint density at radius 3 is 2.06 bits per heavy atom. The first kappa shape index (κ1) is 13.4. The predicted molar refractivity (Wildman–Crippen MR) is 69.9 cm³/mol. The summed E-state index contributed by atoms with van der Waals surface area (Å²) in [6.07, 6.45) is 7.40. The van der Waals surface area contributed by atoms with Gasteiger partial charge in [-0.3, -0.25) is 0 Å². The number of hydrogen-bond donors (Lipinski definition) is 1. The van der Waals surface area contributed by atoms with Crippen LogP contribution in [0.15, 0.2) is 29.2 Å². The molecular weight excluding hydrogens is 250 g/mol. The molecule has 0 saturated heterocycles. The molecule has 0 heterocycles. The van der Waals surface area contributed by atoms with Gasteiger partial charge in [0.1, 0.15) is 5.75 Å². The zero-order chi connectivity index (χ0) is 13.0. The molecule has 2 rings (SSSR count). The van der Waals surface area contributed by atoms with Crippen molar-refractivity contribution in [3.05, 3.63) is 24.3 Å². The van der Waals surface area contributed by atoms with Gasteiger partial charge in [-0.1, -0.05) is 12.8 Å². The quantitative estimate of drug-likeness (QED) is 0.857. The summed E-state index contributed by atoms with van der Waals surface area (Å²) in [7, 11) is -3.61. The lowest BCUT2D eigenvalue weighted by atomic mass is 10.1. The zero-order valence-corrected chi connectivity index (χ0v) is 11.2. The number of sulfonamides is 1. The van der Waals surface area contributed by atoms with Crippen LogP contribution in [0.1, 0.15) is 38.5 Å². The second-order valence-electron chi connectivity index (χ2n) is 4.75. The van der Waals surface area contributed by atoms with Gasteiger partial charge < -0.3 is 4.74 Å². The molecule has 1 aliphatic carbocycles. The van der Waals surface area contributed by atoms with Gasteiger partial charge in [0.05, 0.1) is 11.0 Å². The van der Waals surface area contributed by atoms with Gasteiger partial charge in [0.25, 0.3) is 0 Å². The molecule has 0 atom stereocenters. The molecule has 1 fully saturated rings. The largest absolute Gasteiger partial charge is 0.490 e. The average molecular weight is 269 g/mol. The van der Waals surface area contributed by atoms with Crippen LogP contribution in [-0.4, -0.2) is 14.5 Å². The van der Waals surface area contributed by atoms with Gasteiger partial charge in [0.2, 0.25) is 10.0 Å². The minimum absolute atomic E-state index is 0.121. The molecule has 0 aromatic heterocycles. The summed E-state index contributed by atoms with van der Waals surface area (Å²) in [6.45, 7) is 0. The van der Waals surface area contributed by atoms with E-state index in [4.69, 9.17) is 9.88 Å². The van der Waals surface area contributed by atoms with Gasteiger partial charge in [0, 0.05) is 0 Å². The number of hydrogen-bond acceptors (Lipinski definition) is 3. The molecule has 0 spiro atoms. The van der Waals surface area contributed by atoms with Gasteiger partial charge in [0.15, 0.2) is 0 Å². The van der Waals surface area contributed by atoms with E-state index in [1.807, 2.05) is 0 Å². The van der Waals surface area contributed by atoms with E-state index in [9.17, 15) is 8.42 Å². The van der Waals surface area contributed by atoms with Crippen LogP contribution in [-0.2, 0) is 10.0 Å². The van der Waals surface area contributed by atoms with E-state index in [-0.39, 0.29) is 11.0 Å².